The molecule has 1 rings (SSSR count). The maximum Gasteiger partial charge on any atom is 0.223 e. The lowest BCUT2D eigenvalue weighted by Crippen LogP contribution is -2.30. The summed E-state index contributed by atoms with van der Waals surface area (Å²) in [7, 11) is 0. The van der Waals surface area contributed by atoms with E-state index in [0.717, 1.165) is 13.0 Å². The maximum atomic E-state index is 11.4. The quantitative estimate of drug-likeness (QED) is 0.490. The highest BCUT2D eigenvalue weighted by atomic mass is 16.1. The van der Waals surface area contributed by atoms with E-state index in [0.29, 0.717) is 5.92 Å². The molecule has 0 aromatic carbocycles. The lowest BCUT2D eigenvalue weighted by atomic mass is 10.1. The Balaban J connectivity index is 2.13. The Bertz CT molecular complexity index is 173. The fourth-order valence-electron chi connectivity index (χ4n) is 1.27. The first kappa shape index (κ1) is 9.30. The van der Waals surface area contributed by atoms with Crippen LogP contribution in [0.5, 0.6) is 0 Å². The second-order valence-corrected chi connectivity index (χ2v) is 3.49. The second-order valence-electron chi connectivity index (χ2n) is 3.49. The van der Waals surface area contributed by atoms with Crippen LogP contribution in [0.1, 0.15) is 26.2 Å². The van der Waals surface area contributed by atoms with E-state index in [1.165, 1.54) is 12.8 Å². The van der Waals surface area contributed by atoms with Crippen molar-refractivity contribution in [3.05, 3.63) is 12.7 Å². The Labute approximate surface area is 74.0 Å². The van der Waals surface area contributed by atoms with E-state index in [2.05, 4.69) is 11.9 Å². The van der Waals surface area contributed by atoms with Gasteiger partial charge in [0.25, 0.3) is 0 Å². The van der Waals surface area contributed by atoms with Gasteiger partial charge in [-0.05, 0) is 25.2 Å². The van der Waals surface area contributed by atoms with Crippen molar-refractivity contribution in [3.8, 4) is 0 Å². The summed E-state index contributed by atoms with van der Waals surface area (Å²) in [5.41, 5.74) is 0. The predicted molar refractivity (Wildman–Crippen MR) is 49.7 cm³/mol. The van der Waals surface area contributed by atoms with Crippen LogP contribution in [0.25, 0.3) is 0 Å². The molecule has 0 spiro atoms. The van der Waals surface area contributed by atoms with Crippen molar-refractivity contribution in [1.29, 1.82) is 0 Å². The first-order valence-corrected chi connectivity index (χ1v) is 4.64. The van der Waals surface area contributed by atoms with Crippen molar-refractivity contribution in [1.82, 2.24) is 5.32 Å². The van der Waals surface area contributed by atoms with E-state index >= 15 is 0 Å². The van der Waals surface area contributed by atoms with Gasteiger partial charge < -0.3 is 5.32 Å². The van der Waals surface area contributed by atoms with Crippen molar-refractivity contribution in [3.63, 3.8) is 0 Å². The zero-order chi connectivity index (χ0) is 8.97. The number of hydrogen-bond acceptors (Lipinski definition) is 1. The molecular formula is C10H17NO. The molecule has 1 unspecified atom stereocenters. The fraction of sp³-hybridized carbons (Fsp3) is 0.700. The van der Waals surface area contributed by atoms with E-state index < -0.39 is 0 Å². The van der Waals surface area contributed by atoms with E-state index in [4.69, 9.17) is 0 Å². The zero-order valence-electron chi connectivity index (χ0n) is 7.68. The molecule has 1 aliphatic rings. The van der Waals surface area contributed by atoms with E-state index in [9.17, 15) is 4.79 Å². The minimum atomic E-state index is 0.208. The largest absolute Gasteiger partial charge is 0.356 e. The SMILES string of the molecule is C=CCCNC(=O)C(C)C1CC1. The molecule has 1 fully saturated rings. The van der Waals surface area contributed by atoms with Gasteiger partial charge in [0.15, 0.2) is 0 Å². The zero-order valence-corrected chi connectivity index (χ0v) is 7.68. The summed E-state index contributed by atoms with van der Waals surface area (Å²) in [5.74, 6) is 1.09. The van der Waals surface area contributed by atoms with Gasteiger partial charge in [0, 0.05) is 12.5 Å². The molecule has 1 saturated carbocycles. The molecule has 0 aromatic rings. The van der Waals surface area contributed by atoms with Gasteiger partial charge in [0.2, 0.25) is 5.91 Å². The highest BCUT2D eigenvalue weighted by Crippen LogP contribution is 2.36. The Morgan fingerprint density at radius 2 is 2.42 bits per heavy atom. The lowest BCUT2D eigenvalue weighted by molar-refractivity contribution is -0.125. The minimum absolute atomic E-state index is 0.208. The van der Waals surface area contributed by atoms with Crippen LogP contribution < -0.4 is 5.32 Å². The molecule has 1 N–H and O–H groups in total. The summed E-state index contributed by atoms with van der Waals surface area (Å²) in [4.78, 5) is 11.4. The summed E-state index contributed by atoms with van der Waals surface area (Å²) in [6, 6.07) is 0. The van der Waals surface area contributed by atoms with Crippen LogP contribution in [-0.2, 0) is 4.79 Å². The molecule has 2 heteroatoms. The van der Waals surface area contributed by atoms with Crippen LogP contribution in [0.2, 0.25) is 0 Å². The molecule has 1 amide bonds. The van der Waals surface area contributed by atoms with Crippen LogP contribution in [0.3, 0.4) is 0 Å². The highest BCUT2D eigenvalue weighted by Gasteiger charge is 2.32. The number of carbonyl (C=O) groups excluding carboxylic acids is 1. The maximum absolute atomic E-state index is 11.4. The van der Waals surface area contributed by atoms with Crippen molar-refractivity contribution in [2.75, 3.05) is 6.54 Å². The van der Waals surface area contributed by atoms with Crippen molar-refractivity contribution in [2.24, 2.45) is 11.8 Å². The standard InChI is InChI=1S/C10H17NO/c1-3-4-7-11-10(12)8(2)9-5-6-9/h3,8-9H,1,4-7H2,2H3,(H,11,12). The molecular weight excluding hydrogens is 150 g/mol. The highest BCUT2D eigenvalue weighted by molar-refractivity contribution is 5.78. The van der Waals surface area contributed by atoms with E-state index in [1.807, 2.05) is 13.0 Å². The number of nitrogens with one attached hydrogen (secondary N) is 1. The number of carbonyl (C=O) groups is 1. The molecule has 1 aliphatic carbocycles. The van der Waals surface area contributed by atoms with E-state index in [1.54, 1.807) is 0 Å². The summed E-state index contributed by atoms with van der Waals surface area (Å²) in [5, 5.41) is 2.89. The molecule has 0 aliphatic heterocycles. The van der Waals surface area contributed by atoms with Crippen LogP contribution in [0.4, 0.5) is 0 Å². The van der Waals surface area contributed by atoms with Crippen LogP contribution >= 0.6 is 0 Å². The lowest BCUT2D eigenvalue weighted by Gasteiger charge is -2.09. The molecule has 0 saturated heterocycles. The summed E-state index contributed by atoms with van der Waals surface area (Å²) in [6.07, 6.45) is 5.15. The molecule has 0 radical (unpaired) electrons. The van der Waals surface area contributed by atoms with Gasteiger partial charge in [-0.1, -0.05) is 13.0 Å². The molecule has 68 valence electrons. The van der Waals surface area contributed by atoms with Gasteiger partial charge in [0.1, 0.15) is 0 Å². The average molecular weight is 167 g/mol. The number of rotatable bonds is 5. The second kappa shape index (κ2) is 4.29. The van der Waals surface area contributed by atoms with Gasteiger partial charge in [-0.2, -0.15) is 0 Å². The van der Waals surface area contributed by atoms with Crippen molar-refractivity contribution < 1.29 is 4.79 Å². The van der Waals surface area contributed by atoms with Crippen LogP contribution in [0.15, 0.2) is 12.7 Å². The van der Waals surface area contributed by atoms with E-state index in [-0.39, 0.29) is 11.8 Å². The fourth-order valence-corrected chi connectivity index (χ4v) is 1.27. The molecule has 0 bridgehead atoms. The molecule has 0 aromatic heterocycles. The topological polar surface area (TPSA) is 29.1 Å². The van der Waals surface area contributed by atoms with Crippen LogP contribution in [-0.4, -0.2) is 12.5 Å². The Morgan fingerprint density at radius 1 is 1.75 bits per heavy atom. The third kappa shape index (κ3) is 2.68. The predicted octanol–water partition coefficient (Wildman–Crippen LogP) is 1.72. The van der Waals surface area contributed by atoms with Gasteiger partial charge in [-0.3, -0.25) is 4.79 Å². The van der Waals surface area contributed by atoms with Gasteiger partial charge in [-0.15, -0.1) is 6.58 Å². The van der Waals surface area contributed by atoms with Crippen LogP contribution in [0, 0.1) is 11.8 Å². The third-order valence-electron chi connectivity index (χ3n) is 2.39. The van der Waals surface area contributed by atoms with Gasteiger partial charge >= 0.3 is 0 Å². The Morgan fingerprint density at radius 3 is 2.92 bits per heavy atom. The first-order chi connectivity index (χ1) is 5.75. The third-order valence-corrected chi connectivity index (χ3v) is 2.39. The summed E-state index contributed by atoms with van der Waals surface area (Å²) >= 11 is 0. The van der Waals surface area contributed by atoms with Crippen molar-refractivity contribution >= 4 is 5.91 Å². The summed E-state index contributed by atoms with van der Waals surface area (Å²) < 4.78 is 0. The Hall–Kier alpha value is -0.790. The normalized spacial score (nSPS) is 18.4. The monoisotopic (exact) mass is 167 g/mol. The first-order valence-electron chi connectivity index (χ1n) is 4.64. The molecule has 1 atom stereocenters. The minimum Gasteiger partial charge on any atom is -0.356 e. The molecule has 2 nitrogen and oxygen atoms in total. The summed E-state index contributed by atoms with van der Waals surface area (Å²) in [6.45, 7) is 6.35. The number of hydrogen-bond donors (Lipinski definition) is 1. The number of amides is 1. The van der Waals surface area contributed by atoms with Gasteiger partial charge in [-0.25, -0.2) is 0 Å². The Kier molecular flexibility index (Phi) is 3.32. The van der Waals surface area contributed by atoms with Gasteiger partial charge in [0.05, 0.1) is 0 Å². The van der Waals surface area contributed by atoms with Crippen molar-refractivity contribution in [2.45, 2.75) is 26.2 Å². The smallest absolute Gasteiger partial charge is 0.223 e. The molecule has 12 heavy (non-hydrogen) atoms. The average Bonchev–Trinajstić information content (AvgIpc) is 2.86. The molecule has 0 heterocycles.